The summed E-state index contributed by atoms with van der Waals surface area (Å²) in [5, 5.41) is 0.219. The van der Waals surface area contributed by atoms with E-state index < -0.39 is 0 Å². The summed E-state index contributed by atoms with van der Waals surface area (Å²) in [6, 6.07) is 23.5. The standard InChI is InChI=1S/C37H40ClN3O5/c1-24(2)18-20-40(37(42)29-15-17-33(45-5)36(46-6)35(29)38)23-30-31(41-19-8-7-9-34(41)39-30)22-27-21-26(12-16-32(27)44-4)25-10-13-28(43-3)14-11-25/h7-17,19,21,24H,18,20,22-23H2,1-6H3. The summed E-state index contributed by atoms with van der Waals surface area (Å²) in [6.45, 7) is 5.12. The van der Waals surface area contributed by atoms with Crippen molar-refractivity contribution >= 4 is 23.2 Å². The van der Waals surface area contributed by atoms with Gasteiger partial charge in [-0.1, -0.05) is 49.7 Å². The zero-order valence-electron chi connectivity index (χ0n) is 27.2. The van der Waals surface area contributed by atoms with Gasteiger partial charge in [0.25, 0.3) is 5.91 Å². The number of pyridine rings is 1. The van der Waals surface area contributed by atoms with Gasteiger partial charge in [0.2, 0.25) is 0 Å². The van der Waals surface area contributed by atoms with Crippen LogP contribution >= 0.6 is 11.6 Å². The summed E-state index contributed by atoms with van der Waals surface area (Å²) >= 11 is 6.72. The van der Waals surface area contributed by atoms with E-state index in [0.29, 0.717) is 42.5 Å². The number of ether oxygens (including phenoxy) is 4. The second kappa shape index (κ2) is 14.6. The molecule has 0 radical (unpaired) electrons. The average molecular weight is 642 g/mol. The lowest BCUT2D eigenvalue weighted by atomic mass is 9.99. The number of methoxy groups -OCH3 is 4. The zero-order valence-corrected chi connectivity index (χ0v) is 27.9. The molecule has 0 saturated heterocycles. The molecule has 0 bridgehead atoms. The molecule has 0 saturated carbocycles. The van der Waals surface area contributed by atoms with Crippen molar-refractivity contribution in [2.45, 2.75) is 33.2 Å². The van der Waals surface area contributed by atoms with Crippen LogP contribution < -0.4 is 18.9 Å². The first-order chi connectivity index (χ1) is 22.3. The highest BCUT2D eigenvalue weighted by molar-refractivity contribution is 6.35. The fraction of sp³-hybridized carbons (Fsp3) is 0.297. The molecular formula is C37H40ClN3O5. The molecule has 9 heteroatoms. The molecule has 1 amide bonds. The monoisotopic (exact) mass is 641 g/mol. The van der Waals surface area contributed by atoms with Crippen LogP contribution in [0.5, 0.6) is 23.0 Å². The number of nitrogens with zero attached hydrogens (tertiary/aromatic N) is 3. The second-order valence-electron chi connectivity index (χ2n) is 11.4. The number of rotatable bonds is 13. The van der Waals surface area contributed by atoms with Gasteiger partial charge in [-0.25, -0.2) is 4.98 Å². The van der Waals surface area contributed by atoms with Crippen LogP contribution in [-0.2, 0) is 13.0 Å². The van der Waals surface area contributed by atoms with Crippen LogP contribution in [-0.4, -0.2) is 55.2 Å². The van der Waals surface area contributed by atoms with Crippen LogP contribution in [0, 0.1) is 5.92 Å². The molecule has 5 aromatic rings. The Hall–Kier alpha value is -4.69. The molecular weight excluding hydrogens is 602 g/mol. The first-order valence-corrected chi connectivity index (χ1v) is 15.6. The lowest BCUT2D eigenvalue weighted by molar-refractivity contribution is 0.0733. The molecule has 240 valence electrons. The Morgan fingerprint density at radius 1 is 0.870 bits per heavy atom. The fourth-order valence-electron chi connectivity index (χ4n) is 5.54. The number of hydrogen-bond acceptors (Lipinski definition) is 6. The van der Waals surface area contributed by atoms with Crippen LogP contribution in [0.3, 0.4) is 0 Å². The molecule has 0 aliphatic carbocycles. The highest BCUT2D eigenvalue weighted by Gasteiger charge is 2.26. The maximum Gasteiger partial charge on any atom is 0.255 e. The van der Waals surface area contributed by atoms with Gasteiger partial charge in [0.1, 0.15) is 17.1 Å². The molecule has 5 rings (SSSR count). The molecule has 46 heavy (non-hydrogen) atoms. The third-order valence-corrected chi connectivity index (χ3v) is 8.47. The molecule has 2 aromatic heterocycles. The molecule has 2 heterocycles. The minimum Gasteiger partial charge on any atom is -0.497 e. The van der Waals surface area contributed by atoms with Crippen molar-refractivity contribution in [3.8, 4) is 34.1 Å². The van der Waals surface area contributed by atoms with E-state index >= 15 is 0 Å². The Kier molecular flexibility index (Phi) is 10.4. The van der Waals surface area contributed by atoms with Crippen LogP contribution in [0.15, 0.2) is 79.0 Å². The summed E-state index contributed by atoms with van der Waals surface area (Å²) in [5.41, 5.74) is 6.07. The Morgan fingerprint density at radius 3 is 2.26 bits per heavy atom. The van der Waals surface area contributed by atoms with Crippen molar-refractivity contribution in [1.29, 1.82) is 0 Å². The van der Waals surface area contributed by atoms with E-state index in [1.807, 2.05) is 59.6 Å². The quantitative estimate of drug-likeness (QED) is 0.130. The third kappa shape index (κ3) is 6.92. The number of fused-ring (bicyclic) bond motifs is 1. The number of hydrogen-bond donors (Lipinski definition) is 0. The van der Waals surface area contributed by atoms with Gasteiger partial charge in [0.05, 0.1) is 57.0 Å². The van der Waals surface area contributed by atoms with Crippen molar-refractivity contribution in [2.75, 3.05) is 35.0 Å². The molecule has 0 atom stereocenters. The Bertz CT molecular complexity index is 1820. The highest BCUT2D eigenvalue weighted by Crippen LogP contribution is 2.38. The molecule has 8 nitrogen and oxygen atoms in total. The number of amides is 1. The minimum absolute atomic E-state index is 0.200. The van der Waals surface area contributed by atoms with E-state index in [-0.39, 0.29) is 10.9 Å². The minimum atomic E-state index is -0.200. The van der Waals surface area contributed by atoms with E-state index in [1.165, 1.54) is 14.2 Å². The number of carbonyl (C=O) groups is 1. The van der Waals surface area contributed by atoms with Gasteiger partial charge in [0, 0.05) is 24.7 Å². The summed E-state index contributed by atoms with van der Waals surface area (Å²) in [7, 11) is 6.39. The lowest BCUT2D eigenvalue weighted by Crippen LogP contribution is -2.33. The maximum absolute atomic E-state index is 14.2. The summed E-state index contributed by atoms with van der Waals surface area (Å²) in [4.78, 5) is 21.0. The van der Waals surface area contributed by atoms with Gasteiger partial charge < -0.3 is 28.2 Å². The predicted octanol–water partition coefficient (Wildman–Crippen LogP) is 7.97. The van der Waals surface area contributed by atoms with Crippen LogP contribution in [0.4, 0.5) is 0 Å². The van der Waals surface area contributed by atoms with Crippen molar-refractivity contribution in [3.63, 3.8) is 0 Å². The Labute approximate surface area is 275 Å². The number of aromatic nitrogens is 2. The van der Waals surface area contributed by atoms with Crippen molar-refractivity contribution in [2.24, 2.45) is 5.92 Å². The van der Waals surface area contributed by atoms with Crippen LogP contribution in [0.2, 0.25) is 5.02 Å². The van der Waals surface area contributed by atoms with Crippen molar-refractivity contribution < 1.29 is 23.7 Å². The van der Waals surface area contributed by atoms with Crippen molar-refractivity contribution in [1.82, 2.24) is 14.3 Å². The van der Waals surface area contributed by atoms with E-state index in [2.05, 4.69) is 30.4 Å². The molecule has 0 unspecified atom stereocenters. The topological polar surface area (TPSA) is 74.5 Å². The molecule has 0 N–H and O–H groups in total. The van der Waals surface area contributed by atoms with E-state index in [0.717, 1.165) is 51.6 Å². The van der Waals surface area contributed by atoms with Gasteiger partial charge in [-0.05, 0) is 72.0 Å². The van der Waals surface area contributed by atoms with Gasteiger partial charge in [0.15, 0.2) is 11.5 Å². The van der Waals surface area contributed by atoms with Gasteiger partial charge in [-0.3, -0.25) is 4.79 Å². The normalized spacial score (nSPS) is 11.1. The van der Waals surface area contributed by atoms with Gasteiger partial charge in [-0.2, -0.15) is 0 Å². The second-order valence-corrected chi connectivity index (χ2v) is 11.8. The Balaban J connectivity index is 1.55. The molecule has 3 aromatic carbocycles. The number of carbonyl (C=O) groups excluding carboxylic acids is 1. The van der Waals surface area contributed by atoms with Gasteiger partial charge >= 0.3 is 0 Å². The van der Waals surface area contributed by atoms with E-state index in [9.17, 15) is 4.79 Å². The van der Waals surface area contributed by atoms with E-state index in [4.69, 9.17) is 35.5 Å². The summed E-state index contributed by atoms with van der Waals surface area (Å²) in [6.07, 6.45) is 3.36. The summed E-state index contributed by atoms with van der Waals surface area (Å²) < 4.78 is 24.1. The maximum atomic E-state index is 14.2. The predicted molar refractivity (Wildman–Crippen MR) is 182 cm³/mol. The number of halogens is 1. The summed E-state index contributed by atoms with van der Waals surface area (Å²) in [5.74, 6) is 2.57. The first-order valence-electron chi connectivity index (χ1n) is 15.2. The lowest BCUT2D eigenvalue weighted by Gasteiger charge is -2.25. The molecule has 0 spiro atoms. The average Bonchev–Trinajstić information content (AvgIpc) is 3.42. The first kappa shape index (κ1) is 32.7. The fourth-order valence-corrected chi connectivity index (χ4v) is 5.86. The number of imidazole rings is 1. The molecule has 0 aliphatic rings. The van der Waals surface area contributed by atoms with Crippen molar-refractivity contribution in [3.05, 3.63) is 107 Å². The van der Waals surface area contributed by atoms with Gasteiger partial charge in [-0.15, -0.1) is 0 Å². The SMILES string of the molecule is COc1ccc(-c2ccc(OC)c(Cc3c(CN(CCC(C)C)C(=O)c4ccc(OC)c(OC)c4Cl)nc4ccccn34)c2)cc1. The Morgan fingerprint density at radius 2 is 1.59 bits per heavy atom. The van der Waals surface area contributed by atoms with E-state index in [1.54, 1.807) is 26.4 Å². The molecule has 0 fully saturated rings. The zero-order chi connectivity index (χ0) is 32.8. The highest BCUT2D eigenvalue weighted by atomic mass is 35.5. The third-order valence-electron chi connectivity index (χ3n) is 8.09. The van der Waals surface area contributed by atoms with Crippen LogP contribution in [0.1, 0.15) is 47.6 Å². The number of benzene rings is 3. The smallest absolute Gasteiger partial charge is 0.255 e. The molecule has 0 aliphatic heterocycles. The van der Waals surface area contributed by atoms with Crippen LogP contribution in [0.25, 0.3) is 16.8 Å². The largest absolute Gasteiger partial charge is 0.497 e.